The van der Waals surface area contributed by atoms with Gasteiger partial charge in [0.05, 0.1) is 17.9 Å². The number of carbonyl (C=O) groups excluding carboxylic acids is 3. The number of nitrogens with two attached hydrogens (primary N) is 2. The molecule has 0 aromatic carbocycles. The molecule has 2 atom stereocenters. The number of aryl methyl sites for hydroxylation is 1. The van der Waals surface area contributed by atoms with E-state index in [0.717, 1.165) is 34.9 Å². The number of oxime groups is 1. The number of rotatable bonds is 13. The normalized spacial score (nSPS) is 18.4. The third-order valence-corrected chi connectivity index (χ3v) is 9.14. The molecule has 2 amide bonds. The molecule has 0 radical (unpaired) electrons. The predicted octanol–water partition coefficient (Wildman–Crippen LogP) is -2.36. The number of nitrogen functional groups attached to an aromatic ring is 2. The van der Waals surface area contributed by atoms with Crippen molar-refractivity contribution in [1.29, 1.82) is 0 Å². The Morgan fingerprint density at radius 3 is 2.72 bits per heavy atom. The van der Waals surface area contributed by atoms with Crippen molar-refractivity contribution in [2.75, 3.05) is 30.8 Å². The number of hydrogen-bond donors (Lipinski definition) is 5. The average molecular weight is 674 g/mol. The maximum Gasteiger partial charge on any atom is 0.351 e. The van der Waals surface area contributed by atoms with Crippen LogP contribution in [0.15, 0.2) is 34.8 Å². The Morgan fingerprint density at radius 1 is 1.30 bits per heavy atom. The zero-order chi connectivity index (χ0) is 33.3. The van der Waals surface area contributed by atoms with E-state index in [1.165, 1.54) is 25.6 Å². The molecule has 0 spiro atoms. The number of nitrogens with one attached hydrogen (secondary N) is 2. The summed E-state index contributed by atoms with van der Waals surface area (Å²) in [5.74, 6) is -4.25. The number of amides is 2. The quantitative estimate of drug-likeness (QED) is 0.0418. The fraction of sp³-hybridized carbons (Fsp3) is 0.423. The van der Waals surface area contributed by atoms with Crippen LogP contribution in [-0.2, 0) is 37.1 Å². The third-order valence-electron chi connectivity index (χ3n) is 7.25. The van der Waals surface area contributed by atoms with Gasteiger partial charge in [0, 0.05) is 29.4 Å². The van der Waals surface area contributed by atoms with Crippen LogP contribution < -0.4 is 31.8 Å². The summed E-state index contributed by atoms with van der Waals surface area (Å²) in [6, 6.07) is 2.54. The summed E-state index contributed by atoms with van der Waals surface area (Å²) in [4.78, 5) is 65.1. The number of aliphatic carboxylic acids is 2. The Hall–Kier alpha value is -4.82. The van der Waals surface area contributed by atoms with Gasteiger partial charge in [0.2, 0.25) is 17.1 Å². The number of imidazole rings is 1. The molecular formula is C26H31N11O7S2. The molecule has 2 aliphatic rings. The van der Waals surface area contributed by atoms with Crippen LogP contribution in [-0.4, -0.2) is 94.7 Å². The molecule has 20 heteroatoms. The number of hydrogen-bond acceptors (Lipinski definition) is 15. The minimum atomic E-state index is -1.81. The first kappa shape index (κ1) is 32.6. The molecule has 46 heavy (non-hydrogen) atoms. The first-order valence-corrected chi connectivity index (χ1v) is 15.7. The van der Waals surface area contributed by atoms with Crippen molar-refractivity contribution in [1.82, 2.24) is 34.4 Å². The number of aromatic nitrogens is 5. The van der Waals surface area contributed by atoms with Crippen molar-refractivity contribution >= 4 is 75.0 Å². The van der Waals surface area contributed by atoms with Crippen molar-refractivity contribution in [2.24, 2.45) is 5.16 Å². The first-order valence-electron chi connectivity index (χ1n) is 13.9. The van der Waals surface area contributed by atoms with Gasteiger partial charge < -0.3 is 41.9 Å². The molecule has 7 N–H and O–H groups in total. The number of carboxylic acid groups (broad SMARTS) is 2. The fourth-order valence-corrected chi connectivity index (χ4v) is 6.62. The molecule has 18 nitrogen and oxygen atoms in total. The van der Waals surface area contributed by atoms with E-state index in [4.69, 9.17) is 16.3 Å². The molecular weight excluding hydrogens is 642 g/mol. The van der Waals surface area contributed by atoms with Gasteiger partial charge in [0.25, 0.3) is 11.8 Å². The van der Waals surface area contributed by atoms with E-state index in [0.29, 0.717) is 23.7 Å². The van der Waals surface area contributed by atoms with E-state index >= 15 is 0 Å². The van der Waals surface area contributed by atoms with Crippen molar-refractivity contribution in [2.45, 2.75) is 50.4 Å². The molecule has 3 aromatic rings. The van der Waals surface area contributed by atoms with Crippen LogP contribution in [0.5, 0.6) is 0 Å². The minimum absolute atomic E-state index is 0.00907. The van der Waals surface area contributed by atoms with Crippen LogP contribution in [0, 0.1) is 0 Å². The summed E-state index contributed by atoms with van der Waals surface area (Å²) >= 11 is 2.02. The number of anilines is 2. The topological polar surface area (TPSA) is 260 Å². The largest absolute Gasteiger partial charge is 0.543 e. The number of β-lactam (4-membered cyclic amide) rings is 1. The average Bonchev–Trinajstić information content (AvgIpc) is 3.58. The molecule has 0 bridgehead atoms. The molecule has 1 saturated heterocycles. The third kappa shape index (κ3) is 6.17. The van der Waals surface area contributed by atoms with E-state index in [1.54, 1.807) is 10.8 Å². The van der Waals surface area contributed by atoms with Gasteiger partial charge in [-0.05, 0) is 51.0 Å². The van der Waals surface area contributed by atoms with E-state index in [-0.39, 0.29) is 29.0 Å². The summed E-state index contributed by atoms with van der Waals surface area (Å²) < 4.78 is 7.58. The molecule has 5 heterocycles. The van der Waals surface area contributed by atoms with E-state index in [1.807, 2.05) is 23.7 Å². The predicted molar refractivity (Wildman–Crippen MR) is 164 cm³/mol. The van der Waals surface area contributed by atoms with Gasteiger partial charge in [-0.1, -0.05) is 5.16 Å². The second-order valence-electron chi connectivity index (χ2n) is 10.8. The van der Waals surface area contributed by atoms with Gasteiger partial charge in [0.15, 0.2) is 5.13 Å². The van der Waals surface area contributed by atoms with Crippen molar-refractivity contribution in [3.63, 3.8) is 0 Å². The Bertz CT molecular complexity index is 1780. The number of carboxylic acids is 2. The maximum absolute atomic E-state index is 13.3. The van der Waals surface area contributed by atoms with Crippen molar-refractivity contribution < 1.29 is 38.8 Å². The van der Waals surface area contributed by atoms with Crippen LogP contribution >= 0.6 is 23.3 Å². The molecule has 0 saturated carbocycles. The molecule has 1 unspecified atom stereocenters. The van der Waals surface area contributed by atoms with Crippen molar-refractivity contribution in [3.8, 4) is 0 Å². The van der Waals surface area contributed by atoms with Crippen LogP contribution in [0.1, 0.15) is 26.1 Å². The number of fused-ring (bicyclic) bond motifs is 2. The van der Waals surface area contributed by atoms with Crippen LogP contribution in [0.2, 0.25) is 0 Å². The van der Waals surface area contributed by atoms with Crippen LogP contribution in [0.4, 0.5) is 11.1 Å². The number of carbonyl (C=O) groups is 4. The fourth-order valence-electron chi connectivity index (χ4n) is 4.85. The second kappa shape index (κ2) is 12.9. The van der Waals surface area contributed by atoms with Crippen LogP contribution in [0.25, 0.3) is 11.2 Å². The lowest BCUT2D eigenvalue weighted by Crippen LogP contribution is -2.71. The smallest absolute Gasteiger partial charge is 0.351 e. The van der Waals surface area contributed by atoms with E-state index in [2.05, 4.69) is 30.1 Å². The highest BCUT2D eigenvalue weighted by Crippen LogP contribution is 2.40. The Kier molecular flexibility index (Phi) is 9.13. The molecule has 3 aromatic heterocycles. The highest BCUT2D eigenvalue weighted by Gasteiger charge is 2.53. The Balaban J connectivity index is 1.38. The maximum atomic E-state index is 13.3. The first-order chi connectivity index (χ1) is 21.8. The Morgan fingerprint density at radius 2 is 2.07 bits per heavy atom. The van der Waals surface area contributed by atoms with Gasteiger partial charge in [-0.3, -0.25) is 19.1 Å². The summed E-state index contributed by atoms with van der Waals surface area (Å²) in [6.07, 6.45) is 2.57. The standard InChI is InChI=1S/C26H31N11O7S2/c1-26(2,23(42)43)44-33-14(17-31-25(28)46-34-17)19(38)30-15-20(39)37-16(22(40)41)12(11-45-21(15)37)10-35-8-4-6-13-18(35)32-24(27)36(13)9-5-7-29-3/h4,6,8,15,21,27,29H,5,7,9-11H2,1-3H3,(H5,28,30,31,34,38,40,41,42,43)/b33-14-/t15-,21?/m1/s1. The number of pyridine rings is 1. The summed E-state index contributed by atoms with van der Waals surface area (Å²) in [7, 11) is 1.86. The summed E-state index contributed by atoms with van der Waals surface area (Å²) in [5.41, 5.74) is 11.0. The van der Waals surface area contributed by atoms with Gasteiger partial charge in [-0.2, -0.15) is 9.36 Å². The highest BCUT2D eigenvalue weighted by molar-refractivity contribution is 8.00. The lowest BCUT2D eigenvalue weighted by atomic mass is 10.0. The Labute approximate surface area is 269 Å². The van der Waals surface area contributed by atoms with E-state index < -0.39 is 46.5 Å². The minimum Gasteiger partial charge on any atom is -0.543 e. The van der Waals surface area contributed by atoms with Gasteiger partial charge in [-0.15, -0.1) is 11.8 Å². The molecule has 0 aliphatic carbocycles. The zero-order valence-electron chi connectivity index (χ0n) is 24.9. The van der Waals surface area contributed by atoms with Crippen molar-refractivity contribution in [3.05, 3.63) is 35.4 Å². The molecule has 244 valence electrons. The summed E-state index contributed by atoms with van der Waals surface area (Å²) in [5, 5.41) is 30.3. The SMILES string of the molecule is CNCCCn1c(N)nc2c1ccc[n+]2CC1=C(C(=O)[O-])N2C(=O)[C@@H](NC(=O)/C(=N\OC(C)(C)C(=O)O)c3nsc(N)n3)C2SC1. The lowest BCUT2D eigenvalue weighted by molar-refractivity contribution is -0.664. The summed E-state index contributed by atoms with van der Waals surface area (Å²) in [6.45, 7) is 3.96. The highest BCUT2D eigenvalue weighted by atomic mass is 32.2. The molecule has 1 fully saturated rings. The monoisotopic (exact) mass is 673 g/mol. The van der Waals surface area contributed by atoms with Crippen LogP contribution in [0.3, 0.4) is 0 Å². The second-order valence-corrected chi connectivity index (χ2v) is 12.7. The number of nitrogens with zero attached hydrogens (tertiary/aromatic N) is 7. The molecule has 2 aliphatic heterocycles. The van der Waals surface area contributed by atoms with Gasteiger partial charge in [-0.25, -0.2) is 9.36 Å². The van der Waals surface area contributed by atoms with E-state index in [9.17, 15) is 29.4 Å². The lowest BCUT2D eigenvalue weighted by Gasteiger charge is -2.50. The molecule has 5 rings (SSSR count). The van der Waals surface area contributed by atoms with Gasteiger partial charge >= 0.3 is 17.6 Å². The number of thioether (sulfide) groups is 1. The zero-order valence-corrected chi connectivity index (χ0v) is 26.6. The van der Waals surface area contributed by atoms with Gasteiger partial charge in [0.1, 0.15) is 23.5 Å².